The summed E-state index contributed by atoms with van der Waals surface area (Å²) < 4.78 is 0. The molecule has 15 heavy (non-hydrogen) atoms. The first kappa shape index (κ1) is 10.3. The third kappa shape index (κ3) is 1.94. The standard InChI is InChI=1S/C13H20N2/c1-8(2)10-5-6-11-12(7-10)15-13(14-11)9(3)4/h5-9,13-15H,1-4H3. The molecule has 1 unspecified atom stereocenters. The third-order valence-electron chi connectivity index (χ3n) is 3.00. The largest absolute Gasteiger partial charge is 0.363 e. The molecule has 1 atom stereocenters. The van der Waals surface area contributed by atoms with Crippen LogP contribution in [0.1, 0.15) is 39.2 Å². The maximum absolute atomic E-state index is 3.52. The Bertz CT molecular complexity index is 356. The molecule has 1 aromatic rings. The van der Waals surface area contributed by atoms with Gasteiger partial charge in [-0.25, -0.2) is 0 Å². The molecule has 1 aromatic carbocycles. The molecule has 0 bridgehead atoms. The van der Waals surface area contributed by atoms with E-state index in [1.807, 2.05) is 0 Å². The second kappa shape index (κ2) is 3.76. The van der Waals surface area contributed by atoms with Gasteiger partial charge in [-0.05, 0) is 29.5 Å². The summed E-state index contributed by atoms with van der Waals surface area (Å²) in [6.07, 6.45) is 0.377. The normalized spacial score (nSPS) is 18.9. The molecular formula is C13H20N2. The Kier molecular flexibility index (Phi) is 2.59. The van der Waals surface area contributed by atoms with Crippen LogP contribution in [0.2, 0.25) is 0 Å². The summed E-state index contributed by atoms with van der Waals surface area (Å²) in [5, 5.41) is 7.01. The van der Waals surface area contributed by atoms with E-state index in [0.717, 1.165) is 0 Å². The van der Waals surface area contributed by atoms with E-state index in [-0.39, 0.29) is 0 Å². The lowest BCUT2D eigenvalue weighted by Gasteiger charge is -2.15. The number of hydrogen-bond acceptors (Lipinski definition) is 2. The molecule has 1 aliphatic rings. The van der Waals surface area contributed by atoms with Gasteiger partial charge in [0.15, 0.2) is 0 Å². The highest BCUT2D eigenvalue weighted by atomic mass is 15.2. The molecule has 82 valence electrons. The zero-order valence-corrected chi connectivity index (χ0v) is 9.96. The summed E-state index contributed by atoms with van der Waals surface area (Å²) in [7, 11) is 0. The molecule has 2 nitrogen and oxygen atoms in total. The zero-order chi connectivity index (χ0) is 11.0. The lowest BCUT2D eigenvalue weighted by atomic mass is 10.0. The van der Waals surface area contributed by atoms with Crippen LogP contribution in [-0.4, -0.2) is 6.17 Å². The second-order valence-electron chi connectivity index (χ2n) is 4.97. The smallest absolute Gasteiger partial charge is 0.0988 e. The fraction of sp³-hybridized carbons (Fsp3) is 0.538. The van der Waals surface area contributed by atoms with Gasteiger partial charge in [-0.3, -0.25) is 0 Å². The first-order chi connectivity index (χ1) is 7.08. The van der Waals surface area contributed by atoms with Crippen molar-refractivity contribution in [2.75, 3.05) is 10.6 Å². The molecule has 1 aliphatic heterocycles. The van der Waals surface area contributed by atoms with Crippen LogP contribution in [0.15, 0.2) is 18.2 Å². The van der Waals surface area contributed by atoms with Crippen molar-refractivity contribution in [2.45, 2.75) is 39.8 Å². The Morgan fingerprint density at radius 3 is 2.27 bits per heavy atom. The van der Waals surface area contributed by atoms with Crippen molar-refractivity contribution in [3.8, 4) is 0 Å². The highest BCUT2D eigenvalue weighted by Gasteiger charge is 2.22. The van der Waals surface area contributed by atoms with Gasteiger partial charge in [-0.15, -0.1) is 0 Å². The SMILES string of the molecule is CC(C)c1ccc2c(c1)NC(C(C)C)N2. The van der Waals surface area contributed by atoms with Gasteiger partial charge in [-0.2, -0.15) is 0 Å². The number of benzene rings is 1. The van der Waals surface area contributed by atoms with E-state index in [2.05, 4.69) is 56.5 Å². The van der Waals surface area contributed by atoms with Crippen molar-refractivity contribution in [1.29, 1.82) is 0 Å². The quantitative estimate of drug-likeness (QED) is 0.768. The van der Waals surface area contributed by atoms with E-state index >= 15 is 0 Å². The van der Waals surface area contributed by atoms with Gasteiger partial charge in [0.1, 0.15) is 0 Å². The second-order valence-corrected chi connectivity index (χ2v) is 4.97. The molecule has 2 N–H and O–H groups in total. The van der Waals surface area contributed by atoms with Crippen molar-refractivity contribution in [3.05, 3.63) is 23.8 Å². The van der Waals surface area contributed by atoms with Gasteiger partial charge in [0, 0.05) is 0 Å². The summed E-state index contributed by atoms with van der Waals surface area (Å²) in [6.45, 7) is 8.90. The fourth-order valence-corrected chi connectivity index (χ4v) is 1.87. The van der Waals surface area contributed by atoms with Crippen LogP contribution in [0.3, 0.4) is 0 Å². The third-order valence-corrected chi connectivity index (χ3v) is 3.00. The molecule has 0 aromatic heterocycles. The molecule has 2 heteroatoms. The van der Waals surface area contributed by atoms with Gasteiger partial charge in [0.05, 0.1) is 17.5 Å². The summed E-state index contributed by atoms with van der Waals surface area (Å²) in [5.74, 6) is 1.19. The van der Waals surface area contributed by atoms with Crippen molar-refractivity contribution >= 4 is 11.4 Å². The van der Waals surface area contributed by atoms with Crippen LogP contribution in [0.25, 0.3) is 0 Å². The highest BCUT2D eigenvalue weighted by molar-refractivity contribution is 5.75. The van der Waals surface area contributed by atoms with E-state index in [0.29, 0.717) is 18.0 Å². The summed E-state index contributed by atoms with van der Waals surface area (Å²) >= 11 is 0. The first-order valence-corrected chi connectivity index (χ1v) is 5.75. The Labute approximate surface area is 92.1 Å². The van der Waals surface area contributed by atoms with Crippen molar-refractivity contribution in [3.63, 3.8) is 0 Å². The molecule has 0 saturated heterocycles. The lowest BCUT2D eigenvalue weighted by molar-refractivity contribution is 0.581. The average molecular weight is 204 g/mol. The van der Waals surface area contributed by atoms with Gasteiger partial charge >= 0.3 is 0 Å². The summed E-state index contributed by atoms with van der Waals surface area (Å²) in [6, 6.07) is 6.65. The lowest BCUT2D eigenvalue weighted by Crippen LogP contribution is -2.27. The number of hydrogen-bond donors (Lipinski definition) is 2. The van der Waals surface area contributed by atoms with Crippen molar-refractivity contribution in [2.24, 2.45) is 5.92 Å². The van der Waals surface area contributed by atoms with Crippen LogP contribution >= 0.6 is 0 Å². The van der Waals surface area contributed by atoms with E-state index in [4.69, 9.17) is 0 Å². The zero-order valence-electron chi connectivity index (χ0n) is 9.96. The maximum Gasteiger partial charge on any atom is 0.0988 e. The van der Waals surface area contributed by atoms with Gasteiger partial charge < -0.3 is 10.6 Å². The van der Waals surface area contributed by atoms with E-state index in [9.17, 15) is 0 Å². The minimum absolute atomic E-state index is 0.377. The molecule has 0 spiro atoms. The minimum atomic E-state index is 0.377. The minimum Gasteiger partial charge on any atom is -0.363 e. The van der Waals surface area contributed by atoms with Crippen molar-refractivity contribution in [1.82, 2.24) is 0 Å². The van der Waals surface area contributed by atoms with Crippen LogP contribution in [0.5, 0.6) is 0 Å². The molecule has 0 fully saturated rings. The molecule has 2 rings (SSSR count). The van der Waals surface area contributed by atoms with Gasteiger partial charge in [-0.1, -0.05) is 33.8 Å². The molecule has 0 amide bonds. The van der Waals surface area contributed by atoms with Crippen LogP contribution in [-0.2, 0) is 0 Å². The molecule has 1 heterocycles. The summed E-state index contributed by atoms with van der Waals surface area (Å²) in [4.78, 5) is 0. The van der Waals surface area contributed by atoms with Crippen LogP contribution in [0.4, 0.5) is 11.4 Å². The predicted octanol–water partition coefficient (Wildman–Crippen LogP) is 3.63. The Balaban J connectivity index is 2.24. The van der Waals surface area contributed by atoms with E-state index < -0.39 is 0 Å². The Hall–Kier alpha value is -1.18. The van der Waals surface area contributed by atoms with Crippen LogP contribution in [0, 0.1) is 5.92 Å². The van der Waals surface area contributed by atoms with Crippen LogP contribution < -0.4 is 10.6 Å². The molecule has 0 saturated carbocycles. The van der Waals surface area contributed by atoms with Crippen molar-refractivity contribution < 1.29 is 0 Å². The number of rotatable bonds is 2. The molecule has 0 aliphatic carbocycles. The monoisotopic (exact) mass is 204 g/mol. The average Bonchev–Trinajstić information content (AvgIpc) is 2.59. The van der Waals surface area contributed by atoms with Gasteiger partial charge in [0.25, 0.3) is 0 Å². The maximum atomic E-state index is 3.52. The Morgan fingerprint density at radius 1 is 1.00 bits per heavy atom. The van der Waals surface area contributed by atoms with Gasteiger partial charge in [0.2, 0.25) is 0 Å². The topological polar surface area (TPSA) is 24.1 Å². The highest BCUT2D eigenvalue weighted by Crippen LogP contribution is 2.33. The molecular weight excluding hydrogens is 184 g/mol. The summed E-state index contributed by atoms with van der Waals surface area (Å²) in [5.41, 5.74) is 3.88. The number of nitrogens with one attached hydrogen (secondary N) is 2. The van der Waals surface area contributed by atoms with E-state index in [1.165, 1.54) is 16.9 Å². The molecule has 0 radical (unpaired) electrons. The number of anilines is 2. The fourth-order valence-electron chi connectivity index (χ4n) is 1.87. The van der Waals surface area contributed by atoms with E-state index in [1.54, 1.807) is 0 Å². The number of fused-ring (bicyclic) bond motifs is 1. The predicted molar refractivity (Wildman–Crippen MR) is 66.4 cm³/mol. The Morgan fingerprint density at radius 2 is 1.67 bits per heavy atom. The first-order valence-electron chi connectivity index (χ1n) is 5.75.